The fourth-order valence-corrected chi connectivity index (χ4v) is 1.65. The van der Waals surface area contributed by atoms with Gasteiger partial charge in [0, 0.05) is 6.42 Å². The molecule has 2 rings (SSSR count). The lowest BCUT2D eigenvalue weighted by Gasteiger charge is -2.06. The van der Waals surface area contributed by atoms with Gasteiger partial charge in [-0.1, -0.05) is 6.07 Å². The standard InChI is InChI=1S/C12H13F3N2O/c1-8-2-3-9-10(6-8)17-11(16-9)4-5-18-7-12(13,14)15/h2-3,6H,4-5,7H2,1H3,(H,16,17). The number of fused-ring (bicyclic) bond motifs is 1. The van der Waals surface area contributed by atoms with Gasteiger partial charge < -0.3 is 9.72 Å². The SMILES string of the molecule is Cc1ccc2nc(CCOCC(F)(F)F)[nH]c2c1. The summed E-state index contributed by atoms with van der Waals surface area (Å²) in [5, 5.41) is 0. The van der Waals surface area contributed by atoms with E-state index in [1.807, 2.05) is 25.1 Å². The van der Waals surface area contributed by atoms with E-state index in [0.29, 0.717) is 12.2 Å². The van der Waals surface area contributed by atoms with Crippen LogP contribution in [0.4, 0.5) is 13.2 Å². The molecule has 1 aromatic heterocycles. The van der Waals surface area contributed by atoms with Gasteiger partial charge in [-0.2, -0.15) is 13.2 Å². The first-order chi connectivity index (χ1) is 8.44. The molecular weight excluding hydrogens is 245 g/mol. The van der Waals surface area contributed by atoms with E-state index in [-0.39, 0.29) is 6.61 Å². The molecule has 6 heteroatoms. The number of hydrogen-bond acceptors (Lipinski definition) is 2. The first kappa shape index (κ1) is 12.9. The number of nitrogens with zero attached hydrogens (tertiary/aromatic N) is 1. The van der Waals surface area contributed by atoms with Gasteiger partial charge in [-0.25, -0.2) is 4.98 Å². The van der Waals surface area contributed by atoms with Crippen molar-refractivity contribution >= 4 is 11.0 Å². The van der Waals surface area contributed by atoms with Crippen LogP contribution in [0.3, 0.4) is 0 Å². The second kappa shape index (κ2) is 4.97. The summed E-state index contributed by atoms with van der Waals surface area (Å²) < 4.78 is 40.1. The Kier molecular flexibility index (Phi) is 3.56. The highest BCUT2D eigenvalue weighted by Crippen LogP contribution is 2.15. The number of aryl methyl sites for hydroxylation is 1. The predicted octanol–water partition coefficient (Wildman–Crippen LogP) is 2.99. The molecule has 0 amide bonds. The molecule has 18 heavy (non-hydrogen) atoms. The zero-order valence-electron chi connectivity index (χ0n) is 9.84. The third-order valence-corrected chi connectivity index (χ3v) is 2.44. The van der Waals surface area contributed by atoms with E-state index in [9.17, 15) is 13.2 Å². The molecule has 3 nitrogen and oxygen atoms in total. The Labute approximate surface area is 102 Å². The lowest BCUT2D eigenvalue weighted by Crippen LogP contribution is -2.18. The van der Waals surface area contributed by atoms with Gasteiger partial charge in [0.25, 0.3) is 0 Å². The van der Waals surface area contributed by atoms with Gasteiger partial charge in [-0.3, -0.25) is 0 Å². The van der Waals surface area contributed by atoms with Crippen LogP contribution < -0.4 is 0 Å². The van der Waals surface area contributed by atoms with E-state index in [2.05, 4.69) is 14.7 Å². The van der Waals surface area contributed by atoms with Crippen LogP contribution in [0, 0.1) is 6.92 Å². The molecule has 0 aliphatic heterocycles. The summed E-state index contributed by atoms with van der Waals surface area (Å²) in [6.45, 7) is 0.747. The van der Waals surface area contributed by atoms with Gasteiger partial charge in [-0.05, 0) is 24.6 Å². The number of alkyl halides is 3. The van der Waals surface area contributed by atoms with Crippen molar-refractivity contribution in [2.24, 2.45) is 0 Å². The largest absolute Gasteiger partial charge is 0.411 e. The van der Waals surface area contributed by atoms with Crippen LogP contribution >= 0.6 is 0 Å². The molecule has 0 radical (unpaired) electrons. The van der Waals surface area contributed by atoms with Gasteiger partial charge in [0.05, 0.1) is 17.6 Å². The minimum Gasteiger partial charge on any atom is -0.372 e. The monoisotopic (exact) mass is 258 g/mol. The fraction of sp³-hybridized carbons (Fsp3) is 0.417. The van der Waals surface area contributed by atoms with Crippen LogP contribution in [0.25, 0.3) is 11.0 Å². The Morgan fingerprint density at radius 1 is 1.33 bits per heavy atom. The Hall–Kier alpha value is -1.56. The number of aromatic amines is 1. The third kappa shape index (κ3) is 3.46. The van der Waals surface area contributed by atoms with Crippen molar-refractivity contribution in [2.75, 3.05) is 13.2 Å². The molecule has 0 aliphatic rings. The fourth-order valence-electron chi connectivity index (χ4n) is 1.65. The number of H-pyrrole nitrogens is 1. The molecule has 0 unspecified atom stereocenters. The zero-order valence-corrected chi connectivity index (χ0v) is 9.84. The number of rotatable bonds is 4. The minimum absolute atomic E-state index is 0.00167. The Balaban J connectivity index is 1.92. The molecule has 1 heterocycles. The summed E-state index contributed by atoms with van der Waals surface area (Å²) in [5.41, 5.74) is 2.80. The van der Waals surface area contributed by atoms with Crippen molar-refractivity contribution in [3.05, 3.63) is 29.6 Å². The molecule has 0 spiro atoms. The summed E-state index contributed by atoms with van der Waals surface area (Å²) in [7, 11) is 0. The molecule has 0 saturated heterocycles. The van der Waals surface area contributed by atoms with E-state index in [1.165, 1.54) is 0 Å². The normalized spacial score (nSPS) is 12.2. The first-order valence-corrected chi connectivity index (χ1v) is 5.54. The average molecular weight is 258 g/mol. The Morgan fingerprint density at radius 3 is 2.83 bits per heavy atom. The minimum atomic E-state index is -4.27. The van der Waals surface area contributed by atoms with E-state index >= 15 is 0 Å². The maximum Gasteiger partial charge on any atom is 0.411 e. The van der Waals surface area contributed by atoms with Crippen molar-refractivity contribution < 1.29 is 17.9 Å². The number of benzene rings is 1. The molecule has 0 aliphatic carbocycles. The van der Waals surface area contributed by atoms with Crippen molar-refractivity contribution in [1.29, 1.82) is 0 Å². The van der Waals surface area contributed by atoms with E-state index in [0.717, 1.165) is 16.6 Å². The van der Waals surface area contributed by atoms with Crippen molar-refractivity contribution in [3.8, 4) is 0 Å². The summed E-state index contributed by atoms with van der Waals surface area (Å²) in [6, 6.07) is 5.76. The Morgan fingerprint density at radius 2 is 2.11 bits per heavy atom. The summed E-state index contributed by atoms with van der Waals surface area (Å²) in [6.07, 6.45) is -3.94. The molecule has 0 atom stereocenters. The summed E-state index contributed by atoms with van der Waals surface area (Å²) >= 11 is 0. The smallest absolute Gasteiger partial charge is 0.372 e. The molecule has 0 fully saturated rings. The van der Waals surface area contributed by atoms with Gasteiger partial charge in [0.1, 0.15) is 12.4 Å². The molecule has 0 bridgehead atoms. The molecule has 2 aromatic rings. The van der Waals surface area contributed by atoms with Gasteiger partial charge >= 0.3 is 6.18 Å². The summed E-state index contributed by atoms with van der Waals surface area (Å²) in [5.74, 6) is 0.637. The van der Waals surface area contributed by atoms with E-state index in [1.54, 1.807) is 0 Å². The number of hydrogen-bond donors (Lipinski definition) is 1. The maximum atomic E-state index is 11.8. The van der Waals surface area contributed by atoms with Crippen LogP contribution in [0.15, 0.2) is 18.2 Å². The number of ether oxygens (including phenoxy) is 1. The van der Waals surface area contributed by atoms with Gasteiger partial charge in [0.2, 0.25) is 0 Å². The molecule has 0 saturated carbocycles. The van der Waals surface area contributed by atoms with Crippen LogP contribution in [0.1, 0.15) is 11.4 Å². The predicted molar refractivity (Wildman–Crippen MR) is 61.4 cm³/mol. The molecule has 98 valence electrons. The van der Waals surface area contributed by atoms with Crippen LogP contribution in [-0.4, -0.2) is 29.4 Å². The quantitative estimate of drug-likeness (QED) is 0.856. The highest BCUT2D eigenvalue weighted by atomic mass is 19.4. The molecule has 1 aromatic carbocycles. The number of imidazole rings is 1. The summed E-state index contributed by atoms with van der Waals surface area (Å²) in [4.78, 5) is 7.33. The van der Waals surface area contributed by atoms with Gasteiger partial charge in [-0.15, -0.1) is 0 Å². The van der Waals surface area contributed by atoms with Crippen LogP contribution in [0.2, 0.25) is 0 Å². The number of halogens is 3. The highest BCUT2D eigenvalue weighted by Gasteiger charge is 2.27. The number of aromatic nitrogens is 2. The van der Waals surface area contributed by atoms with Crippen molar-refractivity contribution in [1.82, 2.24) is 9.97 Å². The Bertz CT molecular complexity index is 534. The maximum absolute atomic E-state index is 11.8. The van der Waals surface area contributed by atoms with Gasteiger partial charge in [0.15, 0.2) is 0 Å². The second-order valence-electron chi connectivity index (χ2n) is 4.12. The van der Waals surface area contributed by atoms with Crippen LogP contribution in [-0.2, 0) is 11.2 Å². The number of nitrogens with one attached hydrogen (secondary N) is 1. The topological polar surface area (TPSA) is 37.9 Å². The van der Waals surface area contributed by atoms with E-state index < -0.39 is 12.8 Å². The lowest BCUT2D eigenvalue weighted by atomic mass is 10.2. The highest BCUT2D eigenvalue weighted by molar-refractivity contribution is 5.75. The average Bonchev–Trinajstić information content (AvgIpc) is 2.65. The second-order valence-corrected chi connectivity index (χ2v) is 4.12. The third-order valence-electron chi connectivity index (χ3n) is 2.44. The van der Waals surface area contributed by atoms with Crippen molar-refractivity contribution in [3.63, 3.8) is 0 Å². The molecule has 1 N–H and O–H groups in total. The van der Waals surface area contributed by atoms with Crippen molar-refractivity contribution in [2.45, 2.75) is 19.5 Å². The van der Waals surface area contributed by atoms with Crippen LogP contribution in [0.5, 0.6) is 0 Å². The molecular formula is C12H13F3N2O. The first-order valence-electron chi connectivity index (χ1n) is 5.54. The van der Waals surface area contributed by atoms with E-state index in [4.69, 9.17) is 0 Å². The lowest BCUT2D eigenvalue weighted by molar-refractivity contribution is -0.173. The zero-order chi connectivity index (χ0) is 13.2.